The summed E-state index contributed by atoms with van der Waals surface area (Å²) in [5.74, 6) is 0.985. The first-order valence-electron chi connectivity index (χ1n) is 6.87. The van der Waals surface area contributed by atoms with Gasteiger partial charge in [0.1, 0.15) is 5.82 Å². The number of aromatic amines is 1. The molecule has 0 aromatic carbocycles. The Morgan fingerprint density at radius 3 is 2.85 bits per heavy atom. The number of nitrogens with zero attached hydrogens (tertiary/aromatic N) is 1. The molecule has 0 amide bonds. The van der Waals surface area contributed by atoms with Gasteiger partial charge in [-0.1, -0.05) is 36.5 Å². The summed E-state index contributed by atoms with van der Waals surface area (Å²) in [6, 6.07) is 4.01. The molecule has 20 heavy (non-hydrogen) atoms. The predicted octanol–water partition coefficient (Wildman–Crippen LogP) is 4.45. The van der Waals surface area contributed by atoms with E-state index < -0.39 is 0 Å². The Morgan fingerprint density at radius 2 is 2.15 bits per heavy atom. The van der Waals surface area contributed by atoms with Crippen LogP contribution in [-0.4, -0.2) is 16.5 Å². The van der Waals surface area contributed by atoms with Crippen molar-refractivity contribution in [1.29, 1.82) is 0 Å². The van der Waals surface area contributed by atoms with Crippen molar-refractivity contribution in [1.82, 2.24) is 15.3 Å². The second-order valence-corrected chi connectivity index (χ2v) is 6.85. The standard InChI is InChI=1S/C14H19Cl2N3S/c1-2-3-4-13-18-11(14(16)19-13)9-17-8-7-10-5-6-12(15)20-10/h5-6,17H,2-4,7-9H2,1H3,(H,18,19). The highest BCUT2D eigenvalue weighted by Gasteiger charge is 2.07. The van der Waals surface area contributed by atoms with Crippen LogP contribution in [0, 0.1) is 0 Å². The molecule has 3 nitrogen and oxygen atoms in total. The molecule has 0 saturated carbocycles. The summed E-state index contributed by atoms with van der Waals surface area (Å²) in [5, 5.41) is 3.96. The first kappa shape index (κ1) is 15.8. The topological polar surface area (TPSA) is 40.7 Å². The highest BCUT2D eigenvalue weighted by Crippen LogP contribution is 2.21. The van der Waals surface area contributed by atoms with Crippen molar-refractivity contribution >= 4 is 34.5 Å². The molecule has 2 heterocycles. The number of imidazole rings is 1. The molecule has 110 valence electrons. The van der Waals surface area contributed by atoms with Gasteiger partial charge in [-0.25, -0.2) is 4.98 Å². The van der Waals surface area contributed by atoms with Crippen LogP contribution >= 0.6 is 34.5 Å². The number of thiophene rings is 1. The number of halogens is 2. The summed E-state index contributed by atoms with van der Waals surface area (Å²) in [6.07, 6.45) is 4.24. The highest BCUT2D eigenvalue weighted by atomic mass is 35.5. The monoisotopic (exact) mass is 331 g/mol. The molecule has 0 saturated heterocycles. The molecular formula is C14H19Cl2N3S. The van der Waals surface area contributed by atoms with Crippen LogP contribution in [0.4, 0.5) is 0 Å². The molecular weight excluding hydrogens is 313 g/mol. The van der Waals surface area contributed by atoms with Gasteiger partial charge < -0.3 is 10.3 Å². The van der Waals surface area contributed by atoms with Gasteiger partial charge in [0, 0.05) is 24.4 Å². The lowest BCUT2D eigenvalue weighted by atomic mass is 10.2. The normalized spacial score (nSPS) is 11.2. The summed E-state index contributed by atoms with van der Waals surface area (Å²) in [4.78, 5) is 8.93. The summed E-state index contributed by atoms with van der Waals surface area (Å²) in [7, 11) is 0. The van der Waals surface area contributed by atoms with E-state index in [-0.39, 0.29) is 0 Å². The third-order valence-electron chi connectivity index (χ3n) is 3.02. The number of hydrogen-bond donors (Lipinski definition) is 2. The third kappa shape index (κ3) is 4.77. The quantitative estimate of drug-likeness (QED) is 0.701. The van der Waals surface area contributed by atoms with Crippen LogP contribution in [-0.2, 0) is 19.4 Å². The van der Waals surface area contributed by atoms with Crippen LogP contribution in [0.25, 0.3) is 0 Å². The lowest BCUT2D eigenvalue weighted by Crippen LogP contribution is -2.16. The van der Waals surface area contributed by atoms with Crippen molar-refractivity contribution in [2.24, 2.45) is 0 Å². The minimum Gasteiger partial charge on any atom is -0.344 e. The van der Waals surface area contributed by atoms with Crippen LogP contribution in [0.15, 0.2) is 12.1 Å². The van der Waals surface area contributed by atoms with E-state index in [1.807, 2.05) is 6.07 Å². The number of aryl methyl sites for hydroxylation is 1. The van der Waals surface area contributed by atoms with Crippen LogP contribution in [0.2, 0.25) is 9.49 Å². The van der Waals surface area contributed by atoms with E-state index in [2.05, 4.69) is 28.3 Å². The largest absolute Gasteiger partial charge is 0.344 e. The van der Waals surface area contributed by atoms with Crippen LogP contribution < -0.4 is 5.32 Å². The zero-order valence-corrected chi connectivity index (χ0v) is 13.8. The van der Waals surface area contributed by atoms with E-state index >= 15 is 0 Å². The molecule has 6 heteroatoms. The number of unbranched alkanes of at least 4 members (excludes halogenated alkanes) is 1. The number of aromatic nitrogens is 2. The van der Waals surface area contributed by atoms with Crippen LogP contribution in [0.1, 0.15) is 36.2 Å². The Balaban J connectivity index is 1.74. The molecule has 2 rings (SSSR count). The van der Waals surface area contributed by atoms with Crippen molar-refractivity contribution < 1.29 is 0 Å². The molecule has 0 aliphatic heterocycles. The van der Waals surface area contributed by atoms with Crippen molar-refractivity contribution in [2.75, 3.05) is 6.54 Å². The van der Waals surface area contributed by atoms with E-state index in [4.69, 9.17) is 23.2 Å². The maximum atomic E-state index is 6.13. The van der Waals surface area contributed by atoms with Gasteiger partial charge in [0.2, 0.25) is 0 Å². The Kier molecular flexibility index (Phi) is 6.36. The average Bonchev–Trinajstić information content (AvgIpc) is 2.99. The summed E-state index contributed by atoms with van der Waals surface area (Å²) < 4.78 is 0.845. The fourth-order valence-electron chi connectivity index (χ4n) is 1.93. The van der Waals surface area contributed by atoms with Crippen LogP contribution in [0.5, 0.6) is 0 Å². The molecule has 0 bridgehead atoms. The van der Waals surface area contributed by atoms with Gasteiger partial charge in [0.25, 0.3) is 0 Å². The number of nitrogens with one attached hydrogen (secondary N) is 2. The van der Waals surface area contributed by atoms with Gasteiger partial charge >= 0.3 is 0 Å². The molecule has 0 fully saturated rings. The van der Waals surface area contributed by atoms with E-state index in [1.165, 1.54) is 4.88 Å². The van der Waals surface area contributed by atoms with Crippen LogP contribution in [0.3, 0.4) is 0 Å². The zero-order chi connectivity index (χ0) is 14.4. The third-order valence-corrected chi connectivity index (χ3v) is 4.63. The van der Waals surface area contributed by atoms with Crippen molar-refractivity contribution in [2.45, 2.75) is 39.2 Å². The van der Waals surface area contributed by atoms with Gasteiger partial charge in [0.15, 0.2) is 5.15 Å². The Hall–Kier alpha value is -0.550. The fraction of sp³-hybridized carbons (Fsp3) is 0.500. The van der Waals surface area contributed by atoms with E-state index in [9.17, 15) is 0 Å². The minimum atomic E-state index is 0.586. The minimum absolute atomic E-state index is 0.586. The maximum absolute atomic E-state index is 6.13. The molecule has 0 radical (unpaired) electrons. The Morgan fingerprint density at radius 1 is 1.30 bits per heavy atom. The first-order chi connectivity index (χ1) is 9.69. The molecule has 0 atom stereocenters. The van der Waals surface area contributed by atoms with Crippen molar-refractivity contribution in [3.8, 4) is 0 Å². The average molecular weight is 332 g/mol. The summed E-state index contributed by atoms with van der Waals surface area (Å²) in [5.41, 5.74) is 0.974. The van der Waals surface area contributed by atoms with Gasteiger partial charge in [-0.15, -0.1) is 11.3 Å². The zero-order valence-electron chi connectivity index (χ0n) is 11.5. The lowest BCUT2D eigenvalue weighted by Gasteiger charge is -2.02. The molecule has 0 unspecified atom stereocenters. The number of hydrogen-bond acceptors (Lipinski definition) is 3. The second kappa shape index (κ2) is 8.03. The molecule has 2 N–H and O–H groups in total. The Bertz CT molecular complexity index is 536. The van der Waals surface area contributed by atoms with Gasteiger partial charge in [-0.05, 0) is 25.0 Å². The first-order valence-corrected chi connectivity index (χ1v) is 8.44. The second-order valence-electron chi connectivity index (χ2n) is 4.69. The fourth-order valence-corrected chi connectivity index (χ4v) is 3.23. The van der Waals surface area contributed by atoms with Gasteiger partial charge in [-0.3, -0.25) is 0 Å². The predicted molar refractivity (Wildman–Crippen MR) is 86.9 cm³/mol. The SMILES string of the molecule is CCCCc1nc(Cl)c(CNCCc2ccc(Cl)s2)[nH]1. The number of rotatable bonds is 8. The smallest absolute Gasteiger partial charge is 0.151 e. The van der Waals surface area contributed by atoms with E-state index in [0.717, 1.165) is 54.6 Å². The summed E-state index contributed by atoms with van der Waals surface area (Å²) >= 11 is 13.7. The Labute approximate surface area is 133 Å². The molecule has 0 aliphatic carbocycles. The van der Waals surface area contributed by atoms with E-state index in [0.29, 0.717) is 5.15 Å². The summed E-state index contributed by atoms with van der Waals surface area (Å²) in [6.45, 7) is 3.79. The molecule has 2 aromatic heterocycles. The highest BCUT2D eigenvalue weighted by molar-refractivity contribution is 7.16. The number of H-pyrrole nitrogens is 1. The molecule has 2 aromatic rings. The molecule has 0 spiro atoms. The van der Waals surface area contributed by atoms with Crippen molar-refractivity contribution in [3.05, 3.63) is 38.0 Å². The maximum Gasteiger partial charge on any atom is 0.151 e. The van der Waals surface area contributed by atoms with Crippen molar-refractivity contribution in [3.63, 3.8) is 0 Å². The van der Waals surface area contributed by atoms with Gasteiger partial charge in [-0.2, -0.15) is 0 Å². The van der Waals surface area contributed by atoms with Gasteiger partial charge in [0.05, 0.1) is 10.0 Å². The van der Waals surface area contributed by atoms with E-state index in [1.54, 1.807) is 11.3 Å². The lowest BCUT2D eigenvalue weighted by molar-refractivity contribution is 0.677. The molecule has 0 aliphatic rings.